The van der Waals surface area contributed by atoms with E-state index in [1.807, 2.05) is 6.92 Å². The Morgan fingerprint density at radius 1 is 1.45 bits per heavy atom. The monoisotopic (exact) mass is 160 g/mol. The van der Waals surface area contributed by atoms with Crippen molar-refractivity contribution < 1.29 is 14.3 Å². The van der Waals surface area contributed by atoms with Crippen molar-refractivity contribution in [2.24, 2.45) is 0 Å². The molecule has 0 spiro atoms. The third-order valence-electron chi connectivity index (χ3n) is 1.54. The predicted octanol–water partition coefficient (Wildman–Crippen LogP) is 1.02. The third-order valence-corrected chi connectivity index (χ3v) is 1.54. The summed E-state index contributed by atoms with van der Waals surface area (Å²) < 4.78 is 9.88. The van der Waals surface area contributed by atoms with Gasteiger partial charge < -0.3 is 9.47 Å². The van der Waals surface area contributed by atoms with Crippen LogP contribution in [0.25, 0.3) is 0 Å². The van der Waals surface area contributed by atoms with Crippen LogP contribution in [0.2, 0.25) is 0 Å². The number of rotatable bonds is 6. The molecular formula is C8H16O3. The van der Waals surface area contributed by atoms with Gasteiger partial charge in [0.1, 0.15) is 5.78 Å². The molecule has 0 rings (SSSR count). The van der Waals surface area contributed by atoms with Crippen molar-refractivity contribution in [3.63, 3.8) is 0 Å². The number of hydrogen-bond acceptors (Lipinski definition) is 3. The van der Waals surface area contributed by atoms with Crippen molar-refractivity contribution in [1.82, 2.24) is 0 Å². The van der Waals surface area contributed by atoms with Crippen molar-refractivity contribution in [3.05, 3.63) is 0 Å². The Bertz CT molecular complexity index is 112. The van der Waals surface area contributed by atoms with Gasteiger partial charge in [0.05, 0.1) is 12.7 Å². The third kappa shape index (κ3) is 4.93. The lowest BCUT2D eigenvalue weighted by Crippen LogP contribution is -2.20. The molecule has 0 N–H and O–H groups in total. The topological polar surface area (TPSA) is 35.5 Å². The Hall–Kier alpha value is -0.410. The average Bonchev–Trinajstić information content (AvgIpc) is 2.03. The van der Waals surface area contributed by atoms with Crippen molar-refractivity contribution in [1.29, 1.82) is 0 Å². The summed E-state index contributed by atoms with van der Waals surface area (Å²) in [6.07, 6.45) is 0.956. The van der Waals surface area contributed by atoms with Crippen LogP contribution in [0.3, 0.4) is 0 Å². The van der Waals surface area contributed by atoms with Crippen LogP contribution in [-0.2, 0) is 14.3 Å². The zero-order valence-electron chi connectivity index (χ0n) is 7.42. The summed E-state index contributed by atoms with van der Waals surface area (Å²) in [4.78, 5) is 10.9. The molecule has 66 valence electrons. The summed E-state index contributed by atoms with van der Waals surface area (Å²) in [5.41, 5.74) is 0. The summed E-state index contributed by atoms with van der Waals surface area (Å²) in [5.74, 6) is 0.217. The largest absolute Gasteiger partial charge is 0.382 e. The first-order valence-electron chi connectivity index (χ1n) is 3.78. The molecule has 0 fully saturated rings. The van der Waals surface area contributed by atoms with Crippen molar-refractivity contribution in [2.75, 3.05) is 20.8 Å². The second kappa shape index (κ2) is 6.31. The molecule has 0 aromatic carbocycles. The lowest BCUT2D eigenvalue weighted by atomic mass is 10.1. The predicted molar refractivity (Wildman–Crippen MR) is 42.6 cm³/mol. The number of methoxy groups -OCH3 is 2. The van der Waals surface area contributed by atoms with E-state index in [1.54, 1.807) is 14.2 Å². The Morgan fingerprint density at radius 2 is 2.09 bits per heavy atom. The smallest absolute Gasteiger partial charge is 0.135 e. The van der Waals surface area contributed by atoms with Gasteiger partial charge in [-0.05, 0) is 0 Å². The minimum Gasteiger partial charge on any atom is -0.382 e. The van der Waals surface area contributed by atoms with Crippen LogP contribution in [0.5, 0.6) is 0 Å². The minimum atomic E-state index is -0.0764. The fraction of sp³-hybridized carbons (Fsp3) is 0.875. The van der Waals surface area contributed by atoms with Gasteiger partial charge in [0, 0.05) is 27.1 Å². The van der Waals surface area contributed by atoms with E-state index in [9.17, 15) is 4.79 Å². The van der Waals surface area contributed by atoms with Crippen LogP contribution in [0, 0.1) is 0 Å². The maximum Gasteiger partial charge on any atom is 0.135 e. The normalized spacial score (nSPS) is 13.0. The second-order valence-electron chi connectivity index (χ2n) is 2.41. The highest BCUT2D eigenvalue weighted by Gasteiger charge is 2.10. The van der Waals surface area contributed by atoms with Gasteiger partial charge in [-0.15, -0.1) is 0 Å². The quantitative estimate of drug-likeness (QED) is 0.582. The average molecular weight is 160 g/mol. The van der Waals surface area contributed by atoms with E-state index in [4.69, 9.17) is 9.47 Å². The van der Waals surface area contributed by atoms with Gasteiger partial charge in [0.2, 0.25) is 0 Å². The van der Waals surface area contributed by atoms with Crippen LogP contribution in [0.1, 0.15) is 19.8 Å². The molecule has 0 heterocycles. The first kappa shape index (κ1) is 10.6. The Kier molecular flexibility index (Phi) is 6.07. The van der Waals surface area contributed by atoms with Crippen molar-refractivity contribution in [2.45, 2.75) is 25.9 Å². The van der Waals surface area contributed by atoms with Gasteiger partial charge in [-0.3, -0.25) is 4.79 Å². The van der Waals surface area contributed by atoms with Gasteiger partial charge in [0.15, 0.2) is 0 Å². The number of hydrogen-bond donors (Lipinski definition) is 0. The van der Waals surface area contributed by atoms with Crippen LogP contribution in [-0.4, -0.2) is 32.7 Å². The van der Waals surface area contributed by atoms with Crippen LogP contribution in [0.15, 0.2) is 0 Å². The summed E-state index contributed by atoms with van der Waals surface area (Å²) in [5, 5.41) is 0. The SMILES string of the molecule is CCC(=O)CC(COC)OC. The highest BCUT2D eigenvalue weighted by Crippen LogP contribution is 2.00. The van der Waals surface area contributed by atoms with Crippen LogP contribution >= 0.6 is 0 Å². The molecule has 0 aromatic rings. The number of Topliss-reactive ketones (excluding diaryl/α,β-unsaturated/α-hetero) is 1. The molecule has 0 aliphatic carbocycles. The molecule has 0 aromatic heterocycles. The van der Waals surface area contributed by atoms with Crippen molar-refractivity contribution in [3.8, 4) is 0 Å². The zero-order valence-corrected chi connectivity index (χ0v) is 7.42. The fourth-order valence-electron chi connectivity index (χ4n) is 0.794. The summed E-state index contributed by atoms with van der Waals surface area (Å²) >= 11 is 0. The number of carbonyl (C=O) groups is 1. The molecule has 0 aliphatic rings. The highest BCUT2D eigenvalue weighted by atomic mass is 16.5. The summed E-state index contributed by atoms with van der Waals surface area (Å²) in [7, 11) is 3.19. The standard InChI is InChI=1S/C8H16O3/c1-4-7(9)5-8(11-3)6-10-2/h8H,4-6H2,1-3H3. The Labute approximate surface area is 67.7 Å². The number of ketones is 1. The number of ether oxygens (including phenoxy) is 2. The van der Waals surface area contributed by atoms with E-state index in [-0.39, 0.29) is 11.9 Å². The first-order valence-corrected chi connectivity index (χ1v) is 3.78. The molecule has 0 amide bonds. The van der Waals surface area contributed by atoms with Gasteiger partial charge in [-0.2, -0.15) is 0 Å². The van der Waals surface area contributed by atoms with Crippen LogP contribution in [0.4, 0.5) is 0 Å². The molecule has 3 heteroatoms. The van der Waals surface area contributed by atoms with E-state index >= 15 is 0 Å². The van der Waals surface area contributed by atoms with Crippen LogP contribution < -0.4 is 0 Å². The second-order valence-corrected chi connectivity index (χ2v) is 2.41. The van der Waals surface area contributed by atoms with E-state index in [0.717, 1.165) is 0 Å². The molecule has 0 radical (unpaired) electrons. The summed E-state index contributed by atoms with van der Waals surface area (Å²) in [6, 6.07) is 0. The van der Waals surface area contributed by atoms with E-state index < -0.39 is 0 Å². The maximum atomic E-state index is 10.9. The summed E-state index contributed by atoms with van der Waals surface area (Å²) in [6.45, 7) is 2.34. The van der Waals surface area contributed by atoms with E-state index in [2.05, 4.69) is 0 Å². The van der Waals surface area contributed by atoms with E-state index in [1.165, 1.54) is 0 Å². The Morgan fingerprint density at radius 3 is 2.45 bits per heavy atom. The van der Waals surface area contributed by atoms with Gasteiger partial charge >= 0.3 is 0 Å². The Balaban J connectivity index is 3.58. The molecular weight excluding hydrogens is 144 g/mol. The maximum absolute atomic E-state index is 10.9. The molecule has 1 atom stereocenters. The molecule has 1 unspecified atom stereocenters. The molecule has 0 saturated heterocycles. The zero-order chi connectivity index (χ0) is 8.69. The number of carbonyl (C=O) groups excluding carboxylic acids is 1. The molecule has 3 nitrogen and oxygen atoms in total. The van der Waals surface area contributed by atoms with Crippen molar-refractivity contribution >= 4 is 5.78 Å². The van der Waals surface area contributed by atoms with Gasteiger partial charge in [0.25, 0.3) is 0 Å². The fourth-order valence-corrected chi connectivity index (χ4v) is 0.794. The molecule has 0 bridgehead atoms. The first-order chi connectivity index (χ1) is 5.24. The lowest BCUT2D eigenvalue weighted by Gasteiger charge is -2.12. The minimum absolute atomic E-state index is 0.0764. The molecule has 0 aliphatic heterocycles. The molecule has 11 heavy (non-hydrogen) atoms. The van der Waals surface area contributed by atoms with E-state index in [0.29, 0.717) is 19.4 Å². The van der Waals surface area contributed by atoms with Gasteiger partial charge in [-0.1, -0.05) is 6.92 Å². The molecule has 0 saturated carbocycles. The highest BCUT2D eigenvalue weighted by molar-refractivity contribution is 5.78. The van der Waals surface area contributed by atoms with Gasteiger partial charge in [-0.25, -0.2) is 0 Å². The lowest BCUT2D eigenvalue weighted by molar-refractivity contribution is -0.122.